The lowest BCUT2D eigenvalue weighted by atomic mass is 10.0. The van der Waals surface area contributed by atoms with Crippen LogP contribution in [0.5, 0.6) is 0 Å². The second kappa shape index (κ2) is 6.85. The van der Waals surface area contributed by atoms with Crippen molar-refractivity contribution in [1.82, 2.24) is 4.67 Å². The van der Waals surface area contributed by atoms with Gasteiger partial charge in [0.2, 0.25) is 0 Å². The van der Waals surface area contributed by atoms with Gasteiger partial charge in [-0.05, 0) is 31.5 Å². The van der Waals surface area contributed by atoms with Gasteiger partial charge in [-0.3, -0.25) is 4.67 Å². The third-order valence-corrected chi connectivity index (χ3v) is 8.25. The van der Waals surface area contributed by atoms with Crippen molar-refractivity contribution in [3.8, 4) is 0 Å². The zero-order valence-corrected chi connectivity index (χ0v) is 14.4. The van der Waals surface area contributed by atoms with Gasteiger partial charge < -0.3 is 5.11 Å². The number of hydrogen-bond acceptors (Lipinski definition) is 2. The maximum absolute atomic E-state index is 10.6. The summed E-state index contributed by atoms with van der Waals surface area (Å²) in [7, 11) is 2.02. The molecule has 0 aliphatic carbocycles. The van der Waals surface area contributed by atoms with Crippen molar-refractivity contribution in [3.05, 3.63) is 66.2 Å². The molecule has 0 heterocycles. The molecule has 0 aromatic heterocycles. The minimum absolute atomic E-state index is 0.0385. The molecular formula is C17H22NOPS. The van der Waals surface area contributed by atoms with Crippen LogP contribution in [-0.4, -0.2) is 29.5 Å². The summed E-state index contributed by atoms with van der Waals surface area (Å²) < 4.78 is 2.16. The largest absolute Gasteiger partial charge is 0.387 e. The van der Waals surface area contributed by atoms with Crippen molar-refractivity contribution in [2.75, 3.05) is 13.7 Å². The van der Waals surface area contributed by atoms with Gasteiger partial charge in [-0.15, -0.1) is 0 Å². The molecule has 4 heteroatoms. The molecule has 3 atom stereocenters. The Morgan fingerprint density at radius 2 is 1.48 bits per heavy atom. The molecule has 2 aromatic carbocycles. The van der Waals surface area contributed by atoms with Crippen LogP contribution in [0.2, 0.25) is 0 Å². The van der Waals surface area contributed by atoms with E-state index in [0.717, 1.165) is 5.56 Å². The summed E-state index contributed by atoms with van der Waals surface area (Å²) in [6.45, 7) is 4.15. The van der Waals surface area contributed by atoms with Crippen molar-refractivity contribution in [2.45, 2.75) is 19.1 Å². The van der Waals surface area contributed by atoms with E-state index in [1.54, 1.807) is 0 Å². The highest BCUT2D eigenvalue weighted by atomic mass is 32.4. The molecule has 0 aliphatic rings. The van der Waals surface area contributed by atoms with Crippen LogP contribution in [-0.2, 0) is 11.8 Å². The van der Waals surface area contributed by atoms with Crippen LogP contribution >= 0.6 is 6.19 Å². The SMILES string of the molecule is C[C@H]([C@@H](O)c1ccccc1)N(C)P(C)(=S)c1ccccc1. The Bertz CT molecular complexity index is 617. The summed E-state index contributed by atoms with van der Waals surface area (Å²) in [5, 5.41) is 11.8. The van der Waals surface area contributed by atoms with Gasteiger partial charge in [0.05, 0.1) is 6.10 Å². The number of likely N-dealkylation sites (N-methyl/N-ethyl adjacent to an activating group) is 1. The highest BCUT2D eigenvalue weighted by Crippen LogP contribution is 2.46. The molecular weight excluding hydrogens is 297 g/mol. The third kappa shape index (κ3) is 3.61. The van der Waals surface area contributed by atoms with Crippen LogP contribution in [0.25, 0.3) is 0 Å². The molecule has 0 aliphatic heterocycles. The van der Waals surface area contributed by atoms with Crippen molar-refractivity contribution in [3.63, 3.8) is 0 Å². The zero-order valence-electron chi connectivity index (χ0n) is 12.7. The Balaban J connectivity index is 2.23. The average Bonchev–Trinajstić information content (AvgIpc) is 2.54. The summed E-state index contributed by atoms with van der Waals surface area (Å²) in [6, 6.07) is 19.9. The van der Waals surface area contributed by atoms with Crippen LogP contribution < -0.4 is 5.30 Å². The highest BCUT2D eigenvalue weighted by molar-refractivity contribution is 8.16. The van der Waals surface area contributed by atoms with Gasteiger partial charge in [0, 0.05) is 12.2 Å². The summed E-state index contributed by atoms with van der Waals surface area (Å²) in [5.74, 6) is 0. The molecule has 2 rings (SSSR count). The molecule has 0 bridgehead atoms. The molecule has 0 saturated carbocycles. The minimum Gasteiger partial charge on any atom is -0.387 e. The predicted molar refractivity (Wildman–Crippen MR) is 94.9 cm³/mol. The number of aliphatic hydroxyl groups excluding tert-OH is 1. The second-order valence-electron chi connectivity index (χ2n) is 5.38. The van der Waals surface area contributed by atoms with E-state index in [4.69, 9.17) is 11.8 Å². The van der Waals surface area contributed by atoms with E-state index in [2.05, 4.69) is 23.5 Å². The van der Waals surface area contributed by atoms with E-state index in [1.807, 2.05) is 62.5 Å². The first-order valence-corrected chi connectivity index (χ1v) is 10.2. The monoisotopic (exact) mass is 319 g/mol. The van der Waals surface area contributed by atoms with E-state index >= 15 is 0 Å². The molecule has 2 aromatic rings. The van der Waals surface area contributed by atoms with Crippen LogP contribution in [0, 0.1) is 0 Å². The fourth-order valence-electron chi connectivity index (χ4n) is 2.37. The number of hydrogen-bond donors (Lipinski definition) is 1. The summed E-state index contributed by atoms with van der Waals surface area (Å²) in [5.41, 5.74) is 0.930. The van der Waals surface area contributed by atoms with E-state index in [-0.39, 0.29) is 6.04 Å². The maximum Gasteiger partial charge on any atom is 0.0945 e. The lowest BCUT2D eigenvalue weighted by molar-refractivity contribution is 0.110. The van der Waals surface area contributed by atoms with Gasteiger partial charge in [0.15, 0.2) is 0 Å². The predicted octanol–water partition coefficient (Wildman–Crippen LogP) is 3.39. The van der Waals surface area contributed by atoms with Crippen molar-refractivity contribution >= 4 is 23.3 Å². The molecule has 112 valence electrons. The first kappa shape index (κ1) is 16.4. The van der Waals surface area contributed by atoms with Gasteiger partial charge in [-0.1, -0.05) is 72.5 Å². The van der Waals surface area contributed by atoms with Crippen LogP contribution in [0.15, 0.2) is 60.7 Å². The van der Waals surface area contributed by atoms with Gasteiger partial charge in [-0.2, -0.15) is 0 Å². The van der Waals surface area contributed by atoms with Crippen molar-refractivity contribution in [2.24, 2.45) is 0 Å². The fourth-order valence-corrected chi connectivity index (χ4v) is 5.09. The Morgan fingerprint density at radius 1 is 1.00 bits per heavy atom. The molecule has 0 saturated heterocycles. The van der Waals surface area contributed by atoms with E-state index in [1.165, 1.54) is 5.30 Å². The van der Waals surface area contributed by atoms with Crippen molar-refractivity contribution < 1.29 is 5.11 Å². The van der Waals surface area contributed by atoms with Crippen LogP contribution in [0.4, 0.5) is 0 Å². The Labute approximate surface area is 132 Å². The van der Waals surface area contributed by atoms with Crippen molar-refractivity contribution in [1.29, 1.82) is 0 Å². The molecule has 1 unspecified atom stereocenters. The molecule has 0 amide bonds. The summed E-state index contributed by atoms with van der Waals surface area (Å²) in [6.07, 6.45) is -2.40. The van der Waals surface area contributed by atoms with E-state index < -0.39 is 12.3 Å². The summed E-state index contributed by atoms with van der Waals surface area (Å²) in [4.78, 5) is 0. The lowest BCUT2D eigenvalue weighted by Gasteiger charge is -2.36. The van der Waals surface area contributed by atoms with Gasteiger partial charge >= 0.3 is 0 Å². The fraction of sp³-hybridized carbons (Fsp3) is 0.294. The van der Waals surface area contributed by atoms with E-state index in [9.17, 15) is 5.11 Å². The smallest absolute Gasteiger partial charge is 0.0945 e. The molecule has 0 fully saturated rings. The average molecular weight is 319 g/mol. The topological polar surface area (TPSA) is 23.5 Å². The van der Waals surface area contributed by atoms with Gasteiger partial charge in [0.1, 0.15) is 0 Å². The third-order valence-electron chi connectivity index (χ3n) is 4.02. The molecule has 0 spiro atoms. The van der Waals surface area contributed by atoms with Gasteiger partial charge in [-0.25, -0.2) is 0 Å². The molecule has 0 radical (unpaired) electrons. The Hall–Kier alpha value is -0.990. The summed E-state index contributed by atoms with van der Waals surface area (Å²) >= 11 is 5.90. The molecule has 2 nitrogen and oxygen atoms in total. The normalized spacial score (nSPS) is 17.2. The molecule has 21 heavy (non-hydrogen) atoms. The second-order valence-corrected chi connectivity index (χ2v) is 10.4. The Kier molecular flexibility index (Phi) is 5.34. The first-order valence-electron chi connectivity index (χ1n) is 7.04. The quantitative estimate of drug-likeness (QED) is 0.855. The first-order chi connectivity index (χ1) is 9.94. The number of rotatable bonds is 5. The van der Waals surface area contributed by atoms with Crippen LogP contribution in [0.1, 0.15) is 18.6 Å². The number of benzene rings is 2. The van der Waals surface area contributed by atoms with Gasteiger partial charge in [0.25, 0.3) is 0 Å². The highest BCUT2D eigenvalue weighted by Gasteiger charge is 2.28. The lowest BCUT2D eigenvalue weighted by Crippen LogP contribution is -2.34. The maximum atomic E-state index is 10.6. The molecule has 1 N–H and O–H groups in total. The Morgan fingerprint density at radius 3 is 2.00 bits per heavy atom. The standard InChI is InChI=1S/C17H22NOPS/c1-14(17(19)15-10-6-4-7-11-15)18(2)20(3,21)16-12-8-5-9-13-16/h4-14,17,19H,1-3H3/t14-,17-,20?/m1/s1. The number of aliphatic hydroxyl groups is 1. The van der Waals surface area contributed by atoms with E-state index in [0.29, 0.717) is 0 Å². The minimum atomic E-state index is -1.86. The number of nitrogens with zero attached hydrogens (tertiary/aromatic N) is 1. The zero-order chi connectivity index (χ0) is 15.5. The van der Waals surface area contributed by atoms with Crippen LogP contribution in [0.3, 0.4) is 0 Å².